The van der Waals surface area contributed by atoms with Crippen LogP contribution in [0, 0.1) is 6.92 Å². The van der Waals surface area contributed by atoms with Crippen LogP contribution in [0.4, 0.5) is 5.82 Å². The molecule has 1 aromatic heterocycles. The molecule has 0 saturated heterocycles. The molecule has 0 fully saturated rings. The van der Waals surface area contributed by atoms with Gasteiger partial charge in [0.2, 0.25) is 0 Å². The first-order chi connectivity index (χ1) is 7.25. The summed E-state index contributed by atoms with van der Waals surface area (Å²) in [4.78, 5) is 6.96. The molecule has 0 aliphatic heterocycles. The Kier molecular flexibility index (Phi) is 2.58. The Morgan fingerprint density at radius 1 is 1.40 bits per heavy atom. The lowest BCUT2D eigenvalue weighted by molar-refractivity contribution is 0.295. The predicted molar refractivity (Wildman–Crippen MR) is 58.5 cm³/mol. The topological polar surface area (TPSA) is 63.9 Å². The summed E-state index contributed by atoms with van der Waals surface area (Å²) in [6, 6.07) is 7.86. The minimum atomic E-state index is 0.405. The van der Waals surface area contributed by atoms with Crippen molar-refractivity contribution in [2.24, 2.45) is 0 Å². The number of nitrogens with two attached hydrogens (primary N) is 1. The lowest BCUT2D eigenvalue weighted by Gasteiger charge is -2.06. The summed E-state index contributed by atoms with van der Waals surface area (Å²) in [6.07, 6.45) is 1.58. The van der Waals surface area contributed by atoms with Crippen LogP contribution < -0.4 is 10.5 Å². The van der Waals surface area contributed by atoms with E-state index in [-0.39, 0.29) is 0 Å². The minimum absolute atomic E-state index is 0.405. The van der Waals surface area contributed by atoms with Crippen molar-refractivity contribution in [1.82, 2.24) is 9.97 Å². The number of aromatic nitrogens is 2. The summed E-state index contributed by atoms with van der Waals surface area (Å²) >= 11 is 0. The summed E-state index contributed by atoms with van der Waals surface area (Å²) < 4.78 is 5.59. The molecule has 0 bridgehead atoms. The lowest BCUT2D eigenvalue weighted by Crippen LogP contribution is -1.98. The van der Waals surface area contributed by atoms with E-state index in [2.05, 4.69) is 9.97 Å². The van der Waals surface area contributed by atoms with E-state index in [0.29, 0.717) is 12.4 Å². The average molecular weight is 203 g/mol. The van der Waals surface area contributed by atoms with Crippen LogP contribution in [0.3, 0.4) is 0 Å². The number of aryl methyl sites for hydroxylation is 1. The zero-order valence-corrected chi connectivity index (χ0v) is 8.53. The number of hydrogen-bond donors (Lipinski definition) is 2. The number of rotatable bonds is 3. The summed E-state index contributed by atoms with van der Waals surface area (Å²) in [5.41, 5.74) is 6.61. The van der Waals surface area contributed by atoms with E-state index in [1.807, 2.05) is 31.2 Å². The molecule has 0 spiro atoms. The molecule has 1 heterocycles. The van der Waals surface area contributed by atoms with Gasteiger partial charge < -0.3 is 15.5 Å². The molecular weight excluding hydrogens is 190 g/mol. The number of nitrogen functional groups attached to an aromatic ring is 1. The molecule has 2 aromatic rings. The third-order valence-electron chi connectivity index (χ3n) is 2.11. The number of H-pyrrole nitrogens is 1. The molecule has 3 N–H and O–H groups in total. The van der Waals surface area contributed by atoms with Gasteiger partial charge in [0.15, 0.2) is 0 Å². The third-order valence-corrected chi connectivity index (χ3v) is 2.11. The fourth-order valence-electron chi connectivity index (χ4n) is 1.32. The van der Waals surface area contributed by atoms with Crippen molar-refractivity contribution in [3.8, 4) is 5.75 Å². The number of benzene rings is 1. The van der Waals surface area contributed by atoms with E-state index in [1.165, 1.54) is 0 Å². The van der Waals surface area contributed by atoms with Gasteiger partial charge in [0.05, 0.1) is 6.20 Å². The maximum atomic E-state index is 5.59. The molecular formula is C11H13N3O. The number of ether oxygens (including phenoxy) is 1. The zero-order valence-electron chi connectivity index (χ0n) is 8.53. The van der Waals surface area contributed by atoms with Crippen molar-refractivity contribution in [3.63, 3.8) is 0 Å². The Bertz CT molecular complexity index is 451. The van der Waals surface area contributed by atoms with Crippen LogP contribution in [0.5, 0.6) is 5.75 Å². The van der Waals surface area contributed by atoms with Gasteiger partial charge in [-0.25, -0.2) is 4.98 Å². The molecule has 78 valence electrons. The van der Waals surface area contributed by atoms with Gasteiger partial charge in [0.25, 0.3) is 0 Å². The molecule has 0 atom stereocenters. The molecule has 2 rings (SSSR count). The van der Waals surface area contributed by atoms with E-state index in [0.717, 1.165) is 17.1 Å². The number of imidazole rings is 1. The number of para-hydroxylation sites is 1. The van der Waals surface area contributed by atoms with Crippen molar-refractivity contribution < 1.29 is 4.74 Å². The molecule has 15 heavy (non-hydrogen) atoms. The molecule has 4 nitrogen and oxygen atoms in total. The smallest absolute Gasteiger partial charge is 0.146 e. The van der Waals surface area contributed by atoms with Crippen LogP contribution in [0.2, 0.25) is 0 Å². The van der Waals surface area contributed by atoms with Crippen molar-refractivity contribution >= 4 is 5.82 Å². The van der Waals surface area contributed by atoms with E-state index in [9.17, 15) is 0 Å². The number of nitrogens with zero attached hydrogens (tertiary/aromatic N) is 1. The normalized spacial score (nSPS) is 10.2. The molecule has 0 unspecified atom stereocenters. The standard InChI is InChI=1S/C11H13N3O/c1-8-4-2-3-5-9(8)15-7-11-13-6-10(12)14-11/h2-6H,7,12H2,1H3,(H,13,14). The second kappa shape index (κ2) is 4.04. The highest BCUT2D eigenvalue weighted by Gasteiger charge is 2.01. The fourth-order valence-corrected chi connectivity index (χ4v) is 1.32. The van der Waals surface area contributed by atoms with E-state index >= 15 is 0 Å². The summed E-state index contributed by atoms with van der Waals surface area (Å²) in [5.74, 6) is 2.15. The first-order valence-electron chi connectivity index (χ1n) is 4.73. The Morgan fingerprint density at radius 2 is 2.20 bits per heavy atom. The van der Waals surface area contributed by atoms with Gasteiger partial charge in [0.1, 0.15) is 24.0 Å². The van der Waals surface area contributed by atoms with Crippen LogP contribution in [-0.2, 0) is 6.61 Å². The van der Waals surface area contributed by atoms with Gasteiger partial charge in [-0.3, -0.25) is 0 Å². The minimum Gasteiger partial charge on any atom is -0.485 e. The van der Waals surface area contributed by atoms with Gasteiger partial charge in [-0.05, 0) is 18.6 Å². The highest BCUT2D eigenvalue weighted by Crippen LogP contribution is 2.17. The molecule has 4 heteroatoms. The van der Waals surface area contributed by atoms with Gasteiger partial charge in [-0.2, -0.15) is 0 Å². The van der Waals surface area contributed by atoms with Gasteiger partial charge >= 0.3 is 0 Å². The SMILES string of the molecule is Cc1ccccc1OCc1ncc(N)[nH]1. The Balaban J connectivity index is 2.02. The maximum Gasteiger partial charge on any atom is 0.146 e. The number of anilines is 1. The second-order valence-electron chi connectivity index (χ2n) is 3.34. The summed E-state index contributed by atoms with van der Waals surface area (Å²) in [7, 11) is 0. The molecule has 0 radical (unpaired) electrons. The van der Waals surface area contributed by atoms with Crippen LogP contribution in [0.1, 0.15) is 11.4 Å². The van der Waals surface area contributed by atoms with Crippen LogP contribution in [0.25, 0.3) is 0 Å². The molecule has 1 aromatic carbocycles. The molecule has 0 saturated carbocycles. The molecule has 0 aliphatic rings. The largest absolute Gasteiger partial charge is 0.485 e. The second-order valence-corrected chi connectivity index (χ2v) is 3.34. The number of nitrogens with one attached hydrogen (secondary N) is 1. The fraction of sp³-hybridized carbons (Fsp3) is 0.182. The highest BCUT2D eigenvalue weighted by atomic mass is 16.5. The maximum absolute atomic E-state index is 5.59. The van der Waals surface area contributed by atoms with Crippen molar-refractivity contribution in [1.29, 1.82) is 0 Å². The zero-order chi connectivity index (χ0) is 10.7. The van der Waals surface area contributed by atoms with Crippen molar-refractivity contribution in [2.75, 3.05) is 5.73 Å². The van der Waals surface area contributed by atoms with Crippen molar-refractivity contribution in [3.05, 3.63) is 41.9 Å². The lowest BCUT2D eigenvalue weighted by atomic mass is 10.2. The summed E-state index contributed by atoms with van der Waals surface area (Å²) in [5, 5.41) is 0. The molecule has 0 aliphatic carbocycles. The highest BCUT2D eigenvalue weighted by molar-refractivity contribution is 5.32. The predicted octanol–water partition coefficient (Wildman–Crippen LogP) is 1.88. The first-order valence-corrected chi connectivity index (χ1v) is 4.73. The van der Waals surface area contributed by atoms with Gasteiger partial charge in [-0.15, -0.1) is 0 Å². The Labute approximate surface area is 88.1 Å². The van der Waals surface area contributed by atoms with Crippen LogP contribution >= 0.6 is 0 Å². The average Bonchev–Trinajstić information content (AvgIpc) is 2.63. The van der Waals surface area contributed by atoms with E-state index in [1.54, 1.807) is 6.20 Å². The Hall–Kier alpha value is -1.97. The summed E-state index contributed by atoms with van der Waals surface area (Å²) in [6.45, 7) is 2.41. The van der Waals surface area contributed by atoms with Crippen molar-refractivity contribution in [2.45, 2.75) is 13.5 Å². The first kappa shape index (κ1) is 9.58. The van der Waals surface area contributed by atoms with Gasteiger partial charge in [0, 0.05) is 0 Å². The quantitative estimate of drug-likeness (QED) is 0.800. The number of aromatic amines is 1. The third kappa shape index (κ3) is 2.28. The van der Waals surface area contributed by atoms with Crippen LogP contribution in [-0.4, -0.2) is 9.97 Å². The number of hydrogen-bond acceptors (Lipinski definition) is 3. The monoisotopic (exact) mass is 203 g/mol. The van der Waals surface area contributed by atoms with Gasteiger partial charge in [-0.1, -0.05) is 18.2 Å². The Morgan fingerprint density at radius 3 is 2.87 bits per heavy atom. The van der Waals surface area contributed by atoms with E-state index < -0.39 is 0 Å². The molecule has 0 amide bonds. The van der Waals surface area contributed by atoms with Crippen LogP contribution in [0.15, 0.2) is 30.5 Å². The van der Waals surface area contributed by atoms with E-state index in [4.69, 9.17) is 10.5 Å².